The van der Waals surface area contributed by atoms with E-state index in [0.717, 1.165) is 55.6 Å². The number of likely N-dealkylation sites (N-methyl/N-ethyl adjacent to an activating group) is 1. The molecule has 6 nitrogen and oxygen atoms in total. The summed E-state index contributed by atoms with van der Waals surface area (Å²) < 4.78 is 0. The van der Waals surface area contributed by atoms with Crippen LogP contribution >= 0.6 is 35.6 Å². The first-order chi connectivity index (χ1) is 18.7. The van der Waals surface area contributed by atoms with E-state index in [-0.39, 0.29) is 47.5 Å². The van der Waals surface area contributed by atoms with Crippen LogP contribution in [0.25, 0.3) is 0 Å². The quantitative estimate of drug-likeness (QED) is 0.322. The summed E-state index contributed by atoms with van der Waals surface area (Å²) >= 11 is 12.7. The number of carbonyl (C=O) groups is 2. The molecule has 1 saturated heterocycles. The van der Waals surface area contributed by atoms with E-state index in [9.17, 15) is 14.7 Å². The number of phenols is 1. The number of aromatic hydroxyl groups is 1. The minimum Gasteiger partial charge on any atom is -0.507 e. The van der Waals surface area contributed by atoms with Gasteiger partial charge in [0.1, 0.15) is 5.75 Å². The van der Waals surface area contributed by atoms with Gasteiger partial charge >= 0.3 is 0 Å². The maximum Gasteiger partial charge on any atom is 0.258 e. The normalized spacial score (nSPS) is 19.1. The van der Waals surface area contributed by atoms with Crippen molar-refractivity contribution in [2.24, 2.45) is 0 Å². The van der Waals surface area contributed by atoms with Crippen LogP contribution in [-0.4, -0.2) is 53.4 Å². The molecule has 2 aliphatic heterocycles. The molecule has 2 amide bonds. The van der Waals surface area contributed by atoms with Crippen molar-refractivity contribution in [2.45, 2.75) is 43.7 Å². The average molecular weight is 603 g/mol. The summed E-state index contributed by atoms with van der Waals surface area (Å²) in [7, 11) is 1.79. The fourth-order valence-electron chi connectivity index (χ4n) is 6.34. The number of likely N-dealkylation sites (tertiary alicyclic amines) is 1. The van der Waals surface area contributed by atoms with Crippen molar-refractivity contribution in [3.63, 3.8) is 0 Å². The van der Waals surface area contributed by atoms with Crippen LogP contribution in [0, 0.1) is 0 Å². The number of piperidine rings is 1. The van der Waals surface area contributed by atoms with Gasteiger partial charge in [0.25, 0.3) is 5.91 Å². The van der Waals surface area contributed by atoms with Crippen molar-refractivity contribution >= 4 is 47.4 Å². The number of nitrogens with one attached hydrogen (secondary N) is 1. The molecule has 0 spiro atoms. The van der Waals surface area contributed by atoms with Gasteiger partial charge in [-0.2, -0.15) is 0 Å². The van der Waals surface area contributed by atoms with Gasteiger partial charge in [-0.15, -0.1) is 12.4 Å². The van der Waals surface area contributed by atoms with Crippen LogP contribution in [0.2, 0.25) is 10.0 Å². The van der Waals surface area contributed by atoms with Crippen molar-refractivity contribution in [1.29, 1.82) is 0 Å². The summed E-state index contributed by atoms with van der Waals surface area (Å²) in [6, 6.07) is 20.9. The van der Waals surface area contributed by atoms with E-state index in [2.05, 4.69) is 22.3 Å². The summed E-state index contributed by atoms with van der Waals surface area (Å²) in [6.07, 6.45) is 2.40. The summed E-state index contributed by atoms with van der Waals surface area (Å²) in [4.78, 5) is 29.4. The van der Waals surface area contributed by atoms with Gasteiger partial charge in [-0.25, -0.2) is 0 Å². The second kappa shape index (κ2) is 12.4. The first-order valence-electron chi connectivity index (χ1n) is 13.3. The predicted molar refractivity (Wildman–Crippen MR) is 162 cm³/mol. The van der Waals surface area contributed by atoms with E-state index in [1.165, 1.54) is 0 Å². The van der Waals surface area contributed by atoms with E-state index in [1.807, 2.05) is 36.4 Å². The Kier molecular flexibility index (Phi) is 9.36. The molecular weight excluding hydrogens is 569 g/mol. The molecule has 3 aromatic carbocycles. The van der Waals surface area contributed by atoms with Crippen LogP contribution in [0.15, 0.2) is 66.7 Å². The van der Waals surface area contributed by atoms with Gasteiger partial charge < -0.3 is 20.2 Å². The number of benzene rings is 3. The van der Waals surface area contributed by atoms with Gasteiger partial charge in [0.05, 0.1) is 27.2 Å². The van der Waals surface area contributed by atoms with Crippen molar-refractivity contribution in [3.8, 4) is 5.75 Å². The third-order valence-corrected chi connectivity index (χ3v) is 9.04. The first kappa shape index (κ1) is 30.2. The van der Waals surface area contributed by atoms with Crippen LogP contribution < -0.4 is 5.32 Å². The van der Waals surface area contributed by atoms with Gasteiger partial charge in [0.15, 0.2) is 0 Å². The third-order valence-electron chi connectivity index (χ3n) is 8.31. The van der Waals surface area contributed by atoms with E-state index in [4.69, 9.17) is 23.2 Å². The molecule has 2 heterocycles. The predicted octanol–water partition coefficient (Wildman–Crippen LogP) is 6.55. The first-order valence-corrected chi connectivity index (χ1v) is 14.1. The Morgan fingerprint density at radius 2 is 1.75 bits per heavy atom. The fourth-order valence-corrected chi connectivity index (χ4v) is 6.65. The second-order valence-electron chi connectivity index (χ2n) is 10.6. The number of hydrogen-bond acceptors (Lipinski definition) is 4. The molecule has 40 heavy (non-hydrogen) atoms. The molecule has 0 radical (unpaired) electrons. The van der Waals surface area contributed by atoms with E-state index < -0.39 is 0 Å². The van der Waals surface area contributed by atoms with Crippen LogP contribution in [0.4, 0.5) is 0 Å². The number of hydrogen-bond donors (Lipinski definition) is 2. The zero-order valence-electron chi connectivity index (χ0n) is 22.6. The number of amides is 2. The maximum absolute atomic E-state index is 13.2. The number of rotatable bonds is 7. The SMILES string of the molecule is CC(=O)NC1(c2ccccc2)CCN(CCC(c2ccc(Cl)c(Cl)c2)C2c3cccc(O)c3C(=O)N2C)CC1.Cl. The molecule has 5 rings (SSSR count). The standard InChI is InChI=1S/C31H33Cl2N3O3.ClH/c1-20(37)34-31(22-7-4-3-5-8-22)14-17-36(18-15-31)16-13-23(21-11-12-25(32)26(33)19-21)29-24-9-6-10-27(38)28(24)30(39)35(29)2;/h3-12,19,23,29,38H,13-18H2,1-2H3,(H,34,37);1H. The molecule has 3 aromatic rings. The lowest BCUT2D eigenvalue weighted by atomic mass is 9.80. The molecule has 2 unspecified atom stereocenters. The van der Waals surface area contributed by atoms with Crippen molar-refractivity contribution in [1.82, 2.24) is 15.1 Å². The maximum atomic E-state index is 13.2. The minimum absolute atomic E-state index is 0. The molecule has 2 N–H and O–H groups in total. The lowest BCUT2D eigenvalue weighted by Crippen LogP contribution is -2.52. The number of carbonyl (C=O) groups excluding carboxylic acids is 2. The molecule has 0 saturated carbocycles. The second-order valence-corrected chi connectivity index (χ2v) is 11.5. The highest BCUT2D eigenvalue weighted by Gasteiger charge is 2.42. The molecule has 2 aliphatic rings. The van der Waals surface area contributed by atoms with Crippen LogP contribution in [0.5, 0.6) is 5.75 Å². The Bertz CT molecular complexity index is 1380. The van der Waals surface area contributed by atoms with Gasteiger partial charge in [0.2, 0.25) is 5.91 Å². The number of nitrogens with zero attached hydrogens (tertiary/aromatic N) is 2. The molecule has 212 valence electrons. The smallest absolute Gasteiger partial charge is 0.258 e. The summed E-state index contributed by atoms with van der Waals surface area (Å²) in [6.45, 7) is 4.05. The van der Waals surface area contributed by atoms with E-state index in [1.54, 1.807) is 37.1 Å². The fraction of sp³-hybridized carbons (Fsp3) is 0.355. The Hall–Kier alpha value is -2.77. The Morgan fingerprint density at radius 3 is 2.40 bits per heavy atom. The van der Waals surface area contributed by atoms with Gasteiger partial charge in [-0.05, 0) is 60.7 Å². The molecule has 0 aliphatic carbocycles. The monoisotopic (exact) mass is 601 g/mol. The Balaban J connectivity index is 0.00000370. The molecule has 1 fully saturated rings. The number of fused-ring (bicyclic) bond motifs is 1. The lowest BCUT2D eigenvalue weighted by molar-refractivity contribution is -0.121. The van der Waals surface area contributed by atoms with Gasteiger partial charge in [-0.3, -0.25) is 9.59 Å². The molecule has 2 atom stereocenters. The van der Waals surface area contributed by atoms with Crippen molar-refractivity contribution < 1.29 is 14.7 Å². The molecule has 0 aromatic heterocycles. The third kappa shape index (κ3) is 5.82. The highest BCUT2D eigenvalue weighted by atomic mass is 35.5. The van der Waals surface area contributed by atoms with Crippen molar-refractivity contribution in [2.75, 3.05) is 26.7 Å². The Labute approximate surface area is 251 Å². The lowest BCUT2D eigenvalue weighted by Gasteiger charge is -2.43. The minimum atomic E-state index is -0.374. The largest absolute Gasteiger partial charge is 0.507 e. The van der Waals surface area contributed by atoms with Gasteiger partial charge in [0, 0.05) is 33.0 Å². The average Bonchev–Trinajstić information content (AvgIpc) is 3.18. The Morgan fingerprint density at radius 1 is 1.05 bits per heavy atom. The van der Waals surface area contributed by atoms with Crippen LogP contribution in [-0.2, 0) is 10.3 Å². The van der Waals surface area contributed by atoms with E-state index in [0.29, 0.717) is 15.6 Å². The molecule has 9 heteroatoms. The molecule has 0 bridgehead atoms. The van der Waals surface area contributed by atoms with Gasteiger partial charge in [-0.1, -0.05) is 71.7 Å². The zero-order valence-corrected chi connectivity index (χ0v) is 24.9. The highest BCUT2D eigenvalue weighted by molar-refractivity contribution is 6.42. The summed E-state index contributed by atoms with van der Waals surface area (Å²) in [5, 5.41) is 14.7. The van der Waals surface area contributed by atoms with Crippen molar-refractivity contribution in [3.05, 3.63) is 99.0 Å². The number of phenolic OH excluding ortho intramolecular Hbond substituents is 1. The molecular formula is C31H34Cl3N3O3. The van der Waals surface area contributed by atoms with E-state index >= 15 is 0 Å². The van der Waals surface area contributed by atoms with Crippen LogP contribution in [0.1, 0.15) is 65.2 Å². The summed E-state index contributed by atoms with van der Waals surface area (Å²) in [5.41, 5.74) is 2.96. The van der Waals surface area contributed by atoms with Crippen LogP contribution in [0.3, 0.4) is 0 Å². The highest BCUT2D eigenvalue weighted by Crippen LogP contribution is 2.47. The number of halogens is 3. The topological polar surface area (TPSA) is 72.9 Å². The zero-order chi connectivity index (χ0) is 27.7. The summed E-state index contributed by atoms with van der Waals surface area (Å²) in [5.74, 6) is -0.263.